The zero-order valence-electron chi connectivity index (χ0n) is 14.5. The number of H-pyrrole nitrogens is 1. The second kappa shape index (κ2) is 8.08. The molecule has 1 saturated carbocycles. The third-order valence-corrected chi connectivity index (χ3v) is 4.84. The van der Waals surface area contributed by atoms with E-state index in [0.717, 1.165) is 23.1 Å². The first-order valence-electron chi connectivity index (χ1n) is 8.97. The third-order valence-electron chi connectivity index (χ3n) is 4.84. The fraction of sp³-hybridized carbons (Fsp3) is 0.526. The number of nitrogens with two attached hydrogens (primary N) is 1. The van der Waals surface area contributed by atoms with Crippen molar-refractivity contribution in [1.29, 1.82) is 0 Å². The predicted molar refractivity (Wildman–Crippen MR) is 99.7 cm³/mol. The van der Waals surface area contributed by atoms with Crippen LogP contribution in [0.25, 0.3) is 10.9 Å². The maximum Gasteiger partial charge on any atom is 0.188 e. The lowest BCUT2D eigenvalue weighted by Gasteiger charge is -2.16. The zero-order valence-corrected chi connectivity index (χ0v) is 14.5. The Morgan fingerprint density at radius 1 is 1.29 bits per heavy atom. The quantitative estimate of drug-likeness (QED) is 0.447. The maximum atomic E-state index is 6.07. The molecule has 1 aromatic carbocycles. The number of nitrogens with zero attached hydrogens (tertiary/aromatic N) is 1. The molecule has 1 fully saturated rings. The lowest BCUT2D eigenvalue weighted by atomic mass is 10.1. The van der Waals surface area contributed by atoms with Gasteiger partial charge in [-0.15, -0.1) is 0 Å². The van der Waals surface area contributed by atoms with Crippen LogP contribution in [-0.2, 0) is 6.42 Å². The molecule has 0 spiro atoms. The average molecular weight is 328 g/mol. The van der Waals surface area contributed by atoms with Gasteiger partial charge in [0.25, 0.3) is 0 Å². The van der Waals surface area contributed by atoms with Gasteiger partial charge >= 0.3 is 0 Å². The van der Waals surface area contributed by atoms with E-state index in [-0.39, 0.29) is 0 Å². The Balaban J connectivity index is 1.59. The number of aromatic nitrogens is 1. The molecule has 0 atom stereocenters. The molecule has 4 N–H and O–H groups in total. The molecular formula is C19H28N4O. The molecule has 0 unspecified atom stereocenters. The first-order chi connectivity index (χ1) is 11.8. The minimum absolute atomic E-state index is 0.490. The van der Waals surface area contributed by atoms with Crippen molar-refractivity contribution in [2.45, 2.75) is 51.0 Å². The minimum Gasteiger partial charge on any atom is -0.496 e. The molecule has 1 heterocycles. The fourth-order valence-electron chi connectivity index (χ4n) is 3.56. The molecule has 24 heavy (non-hydrogen) atoms. The normalized spacial score (nSPS) is 17.0. The van der Waals surface area contributed by atoms with Crippen LogP contribution in [-0.4, -0.2) is 30.6 Å². The van der Waals surface area contributed by atoms with Gasteiger partial charge in [0.05, 0.1) is 7.11 Å². The summed E-state index contributed by atoms with van der Waals surface area (Å²) in [5, 5.41) is 4.54. The molecule has 130 valence electrons. The van der Waals surface area contributed by atoms with E-state index in [1.54, 1.807) is 7.11 Å². The summed E-state index contributed by atoms with van der Waals surface area (Å²) in [5.41, 5.74) is 8.38. The number of fused-ring (bicyclic) bond motifs is 1. The first kappa shape index (κ1) is 16.7. The monoisotopic (exact) mass is 328 g/mol. The Morgan fingerprint density at radius 2 is 2.08 bits per heavy atom. The highest BCUT2D eigenvalue weighted by Crippen LogP contribution is 2.28. The van der Waals surface area contributed by atoms with Crippen molar-refractivity contribution in [1.82, 2.24) is 10.3 Å². The van der Waals surface area contributed by atoms with Gasteiger partial charge in [-0.05, 0) is 37.0 Å². The summed E-state index contributed by atoms with van der Waals surface area (Å²) < 4.78 is 5.47. The molecule has 1 aliphatic rings. The third kappa shape index (κ3) is 4.02. The molecule has 0 aliphatic heterocycles. The van der Waals surface area contributed by atoms with E-state index >= 15 is 0 Å². The van der Waals surface area contributed by atoms with Crippen molar-refractivity contribution in [2.75, 3.05) is 13.7 Å². The second-order valence-electron chi connectivity index (χ2n) is 6.55. The number of rotatable bonds is 5. The largest absolute Gasteiger partial charge is 0.496 e. The Kier molecular flexibility index (Phi) is 5.62. The van der Waals surface area contributed by atoms with Gasteiger partial charge in [0.1, 0.15) is 5.75 Å². The lowest BCUT2D eigenvalue weighted by molar-refractivity contribution is 0.419. The van der Waals surface area contributed by atoms with Gasteiger partial charge in [-0.1, -0.05) is 31.7 Å². The summed E-state index contributed by atoms with van der Waals surface area (Å²) in [6, 6.07) is 6.54. The van der Waals surface area contributed by atoms with Crippen molar-refractivity contribution < 1.29 is 4.74 Å². The number of ether oxygens (including phenoxy) is 1. The molecule has 1 aliphatic carbocycles. The van der Waals surface area contributed by atoms with E-state index in [1.165, 1.54) is 44.1 Å². The smallest absolute Gasteiger partial charge is 0.188 e. The molecule has 0 saturated heterocycles. The van der Waals surface area contributed by atoms with Crippen LogP contribution in [0.2, 0.25) is 0 Å². The number of hydrogen-bond acceptors (Lipinski definition) is 2. The van der Waals surface area contributed by atoms with Crippen molar-refractivity contribution in [3.63, 3.8) is 0 Å². The summed E-state index contributed by atoms with van der Waals surface area (Å²) in [6.45, 7) is 0.677. The second-order valence-corrected chi connectivity index (χ2v) is 6.55. The molecule has 1 aromatic heterocycles. The van der Waals surface area contributed by atoms with Crippen LogP contribution in [0.3, 0.4) is 0 Å². The average Bonchev–Trinajstić information content (AvgIpc) is 2.83. The van der Waals surface area contributed by atoms with Crippen LogP contribution < -0.4 is 15.8 Å². The van der Waals surface area contributed by atoms with Crippen LogP contribution in [0.1, 0.15) is 44.1 Å². The van der Waals surface area contributed by atoms with E-state index in [0.29, 0.717) is 18.5 Å². The molecule has 3 rings (SSSR count). The molecule has 5 heteroatoms. The number of guanidine groups is 1. The predicted octanol–water partition coefficient (Wildman–Crippen LogP) is 3.35. The van der Waals surface area contributed by atoms with Crippen LogP contribution in [0.5, 0.6) is 5.75 Å². The Labute approximate surface area is 143 Å². The fourth-order valence-corrected chi connectivity index (χ4v) is 3.56. The molecule has 2 aromatic rings. The van der Waals surface area contributed by atoms with Crippen molar-refractivity contribution in [3.8, 4) is 5.75 Å². The van der Waals surface area contributed by atoms with Gasteiger partial charge in [0, 0.05) is 29.7 Å². The van der Waals surface area contributed by atoms with E-state index in [2.05, 4.69) is 21.4 Å². The number of hydrogen-bond donors (Lipinski definition) is 3. The van der Waals surface area contributed by atoms with Crippen molar-refractivity contribution in [3.05, 3.63) is 30.0 Å². The van der Waals surface area contributed by atoms with Gasteiger partial charge in [-0.25, -0.2) is 0 Å². The van der Waals surface area contributed by atoms with Crippen molar-refractivity contribution >= 4 is 16.9 Å². The standard InChI is InChI=1S/C19H28N4O/c1-24-17-10-6-9-16-18(17)14(13-22-16)11-12-21-19(20)23-15-7-4-2-3-5-8-15/h6,9-10,13,15,22H,2-5,7-8,11-12H2,1H3,(H3,20,21,23). The van der Waals surface area contributed by atoms with Crippen molar-refractivity contribution in [2.24, 2.45) is 10.7 Å². The summed E-state index contributed by atoms with van der Waals surface area (Å²) in [7, 11) is 1.71. The minimum atomic E-state index is 0.490. The van der Waals surface area contributed by atoms with Gasteiger partial charge in [0.15, 0.2) is 5.96 Å². The van der Waals surface area contributed by atoms with Crippen LogP contribution in [0.15, 0.2) is 29.4 Å². The van der Waals surface area contributed by atoms with E-state index in [4.69, 9.17) is 10.5 Å². The van der Waals surface area contributed by atoms with Crippen LogP contribution in [0, 0.1) is 0 Å². The SMILES string of the molecule is COc1cccc2[nH]cc(CCN=C(N)NC3CCCCCC3)c12. The number of benzene rings is 1. The summed E-state index contributed by atoms with van der Waals surface area (Å²) in [4.78, 5) is 7.81. The highest BCUT2D eigenvalue weighted by Gasteiger charge is 2.12. The highest BCUT2D eigenvalue weighted by molar-refractivity contribution is 5.89. The molecule has 0 radical (unpaired) electrons. The molecular weight excluding hydrogens is 300 g/mol. The van der Waals surface area contributed by atoms with Gasteiger partial charge in [-0.2, -0.15) is 0 Å². The lowest BCUT2D eigenvalue weighted by Crippen LogP contribution is -2.40. The Morgan fingerprint density at radius 3 is 2.83 bits per heavy atom. The number of aliphatic imine (C=N–C) groups is 1. The zero-order chi connectivity index (χ0) is 16.8. The molecule has 5 nitrogen and oxygen atoms in total. The van der Waals surface area contributed by atoms with Gasteiger partial charge < -0.3 is 20.8 Å². The highest BCUT2D eigenvalue weighted by atomic mass is 16.5. The molecule has 0 bridgehead atoms. The van der Waals surface area contributed by atoms with E-state index in [1.807, 2.05) is 18.3 Å². The van der Waals surface area contributed by atoms with E-state index in [9.17, 15) is 0 Å². The number of nitrogens with one attached hydrogen (secondary N) is 2. The van der Waals surface area contributed by atoms with Crippen LogP contribution in [0.4, 0.5) is 0 Å². The van der Waals surface area contributed by atoms with Gasteiger partial charge in [-0.3, -0.25) is 4.99 Å². The maximum absolute atomic E-state index is 6.07. The number of methoxy groups -OCH3 is 1. The topological polar surface area (TPSA) is 75.4 Å². The Hall–Kier alpha value is -2.17. The summed E-state index contributed by atoms with van der Waals surface area (Å²) in [6.07, 6.45) is 10.6. The Bertz CT molecular complexity index is 684. The summed E-state index contributed by atoms with van der Waals surface area (Å²) in [5.74, 6) is 1.48. The summed E-state index contributed by atoms with van der Waals surface area (Å²) >= 11 is 0. The molecule has 0 amide bonds. The van der Waals surface area contributed by atoms with Crippen LogP contribution >= 0.6 is 0 Å². The van der Waals surface area contributed by atoms with Gasteiger partial charge in [0.2, 0.25) is 0 Å². The first-order valence-corrected chi connectivity index (χ1v) is 8.97. The van der Waals surface area contributed by atoms with E-state index < -0.39 is 0 Å². The number of aromatic amines is 1.